The van der Waals surface area contributed by atoms with E-state index < -0.39 is 5.76 Å². The van der Waals surface area contributed by atoms with Gasteiger partial charge in [0.05, 0.1) is 17.1 Å². The molecule has 0 atom stereocenters. The van der Waals surface area contributed by atoms with E-state index in [1.807, 2.05) is 12.1 Å². The van der Waals surface area contributed by atoms with Crippen LogP contribution in [-0.2, 0) is 0 Å². The summed E-state index contributed by atoms with van der Waals surface area (Å²) in [6.07, 6.45) is 3.39. The van der Waals surface area contributed by atoms with Crippen LogP contribution in [0.1, 0.15) is 5.56 Å². The minimum atomic E-state index is -0.525. The van der Waals surface area contributed by atoms with Crippen LogP contribution in [0.5, 0.6) is 11.5 Å². The van der Waals surface area contributed by atoms with E-state index in [1.165, 1.54) is 0 Å². The topological polar surface area (TPSA) is 91.9 Å². The zero-order valence-electron chi connectivity index (χ0n) is 12.9. The van der Waals surface area contributed by atoms with Gasteiger partial charge in [-0.3, -0.25) is 9.97 Å². The first kappa shape index (κ1) is 14.7. The van der Waals surface area contributed by atoms with Crippen LogP contribution in [0.15, 0.2) is 70.1 Å². The van der Waals surface area contributed by atoms with Gasteiger partial charge in [0.25, 0.3) is 0 Å². The minimum Gasteiger partial charge on any atom is -0.457 e. The normalized spacial score (nSPS) is 10.5. The Morgan fingerprint density at radius 3 is 2.72 bits per heavy atom. The van der Waals surface area contributed by atoms with Crippen LogP contribution in [0.4, 0.5) is 0 Å². The Bertz CT molecular complexity index is 1140. The van der Waals surface area contributed by atoms with Gasteiger partial charge in [0.15, 0.2) is 5.58 Å². The summed E-state index contributed by atoms with van der Waals surface area (Å²) < 4.78 is 11.1. The zero-order valence-corrected chi connectivity index (χ0v) is 12.9. The third-order valence-corrected chi connectivity index (χ3v) is 3.70. The molecule has 0 aliphatic rings. The number of hydrogen-bond acceptors (Lipinski definition) is 5. The van der Waals surface area contributed by atoms with Crippen molar-refractivity contribution in [2.45, 2.75) is 0 Å². The van der Waals surface area contributed by atoms with E-state index in [0.29, 0.717) is 28.2 Å². The maximum Gasteiger partial charge on any atom is 0.417 e. The van der Waals surface area contributed by atoms with Gasteiger partial charge in [-0.15, -0.1) is 0 Å². The quantitative estimate of drug-likeness (QED) is 0.616. The van der Waals surface area contributed by atoms with E-state index in [-0.39, 0.29) is 0 Å². The summed E-state index contributed by atoms with van der Waals surface area (Å²) in [7, 11) is 0. The van der Waals surface area contributed by atoms with E-state index in [4.69, 9.17) is 14.4 Å². The van der Waals surface area contributed by atoms with Crippen molar-refractivity contribution >= 4 is 11.1 Å². The largest absolute Gasteiger partial charge is 0.457 e. The summed E-state index contributed by atoms with van der Waals surface area (Å²) in [6, 6.07) is 16.0. The number of ether oxygens (including phenoxy) is 1. The predicted molar refractivity (Wildman–Crippen MR) is 91.3 cm³/mol. The number of rotatable bonds is 3. The Labute approximate surface area is 141 Å². The van der Waals surface area contributed by atoms with Crippen molar-refractivity contribution in [1.29, 1.82) is 5.26 Å². The zero-order chi connectivity index (χ0) is 17.2. The molecule has 0 aliphatic heterocycles. The van der Waals surface area contributed by atoms with Gasteiger partial charge in [-0.05, 0) is 36.4 Å². The lowest BCUT2D eigenvalue weighted by atomic mass is 10.1. The first-order valence-electron chi connectivity index (χ1n) is 7.48. The first-order chi connectivity index (χ1) is 12.2. The molecule has 6 heteroatoms. The highest BCUT2D eigenvalue weighted by molar-refractivity contribution is 5.84. The van der Waals surface area contributed by atoms with Crippen molar-refractivity contribution in [3.05, 3.63) is 77.0 Å². The summed E-state index contributed by atoms with van der Waals surface area (Å²) in [5, 5.41) is 8.89. The second-order valence-electron chi connectivity index (χ2n) is 5.34. The average Bonchev–Trinajstić information content (AvgIpc) is 3.01. The molecule has 2 heterocycles. The number of aromatic nitrogens is 2. The molecule has 0 amide bonds. The predicted octanol–water partition coefficient (Wildman–Crippen LogP) is 3.85. The van der Waals surface area contributed by atoms with E-state index in [2.05, 4.69) is 16.0 Å². The molecular weight excluding hydrogens is 318 g/mol. The number of oxazole rings is 1. The fraction of sp³-hybridized carbons (Fsp3) is 0. The van der Waals surface area contributed by atoms with Gasteiger partial charge < -0.3 is 9.15 Å². The summed E-state index contributed by atoms with van der Waals surface area (Å²) in [5.74, 6) is 0.597. The van der Waals surface area contributed by atoms with Crippen LogP contribution in [0.25, 0.3) is 22.2 Å². The van der Waals surface area contributed by atoms with E-state index >= 15 is 0 Å². The highest BCUT2D eigenvalue weighted by atomic mass is 16.5. The van der Waals surface area contributed by atoms with Crippen LogP contribution < -0.4 is 10.5 Å². The maximum absolute atomic E-state index is 11.5. The van der Waals surface area contributed by atoms with Crippen LogP contribution in [0.3, 0.4) is 0 Å². The third kappa shape index (κ3) is 2.86. The van der Waals surface area contributed by atoms with Gasteiger partial charge in [-0.25, -0.2) is 4.79 Å². The number of aromatic amines is 1. The van der Waals surface area contributed by atoms with Gasteiger partial charge in [-0.1, -0.05) is 6.07 Å². The molecule has 0 saturated carbocycles. The van der Waals surface area contributed by atoms with Gasteiger partial charge in [-0.2, -0.15) is 5.26 Å². The van der Waals surface area contributed by atoms with E-state index in [1.54, 1.807) is 48.8 Å². The molecule has 0 aliphatic carbocycles. The van der Waals surface area contributed by atoms with Crippen LogP contribution in [0, 0.1) is 11.3 Å². The highest BCUT2D eigenvalue weighted by Gasteiger charge is 2.13. The molecule has 2 aromatic heterocycles. The molecule has 1 N–H and O–H groups in total. The van der Waals surface area contributed by atoms with Crippen molar-refractivity contribution in [3.8, 4) is 28.7 Å². The lowest BCUT2D eigenvalue weighted by Gasteiger charge is -2.11. The minimum absolute atomic E-state index is 0.441. The first-order valence-corrected chi connectivity index (χ1v) is 7.48. The second kappa shape index (κ2) is 5.98. The van der Waals surface area contributed by atoms with Gasteiger partial charge in [0.1, 0.15) is 11.5 Å². The average molecular weight is 329 g/mol. The lowest BCUT2D eigenvalue weighted by molar-refractivity contribution is 0.484. The monoisotopic (exact) mass is 329 g/mol. The van der Waals surface area contributed by atoms with Gasteiger partial charge >= 0.3 is 5.76 Å². The van der Waals surface area contributed by atoms with Crippen molar-refractivity contribution < 1.29 is 9.15 Å². The number of hydrogen-bond donors (Lipinski definition) is 1. The number of benzene rings is 2. The van der Waals surface area contributed by atoms with Crippen molar-refractivity contribution in [2.24, 2.45) is 0 Å². The molecule has 25 heavy (non-hydrogen) atoms. The molecule has 6 nitrogen and oxygen atoms in total. The fourth-order valence-electron chi connectivity index (χ4n) is 2.53. The SMILES string of the molecule is N#Cc1ccc(Oc2cc3[nH]c(=O)oc3cc2-c2cccnc2)cc1. The Kier molecular flexibility index (Phi) is 3.52. The molecule has 0 bridgehead atoms. The highest BCUT2D eigenvalue weighted by Crippen LogP contribution is 2.36. The molecule has 0 fully saturated rings. The molecular formula is C19H11N3O3. The van der Waals surface area contributed by atoms with Gasteiger partial charge in [0.2, 0.25) is 0 Å². The van der Waals surface area contributed by atoms with Crippen molar-refractivity contribution in [3.63, 3.8) is 0 Å². The Hall–Kier alpha value is -3.85. The summed E-state index contributed by atoms with van der Waals surface area (Å²) in [5.41, 5.74) is 3.11. The number of nitrogens with zero attached hydrogens (tertiary/aromatic N) is 2. The summed E-state index contributed by atoms with van der Waals surface area (Å²) in [6.45, 7) is 0. The summed E-state index contributed by atoms with van der Waals surface area (Å²) >= 11 is 0. The van der Waals surface area contributed by atoms with Crippen molar-refractivity contribution in [2.75, 3.05) is 0 Å². The number of fused-ring (bicyclic) bond motifs is 1. The Balaban J connectivity index is 1.85. The molecule has 4 aromatic rings. The van der Waals surface area contributed by atoms with Gasteiger partial charge in [0, 0.05) is 29.6 Å². The Morgan fingerprint density at radius 1 is 1.16 bits per heavy atom. The molecule has 0 spiro atoms. The molecule has 2 aromatic carbocycles. The molecule has 4 rings (SSSR count). The number of H-pyrrole nitrogens is 1. The number of pyridine rings is 1. The number of nitrogens with one attached hydrogen (secondary N) is 1. The van der Waals surface area contributed by atoms with Crippen molar-refractivity contribution in [1.82, 2.24) is 9.97 Å². The fourth-order valence-corrected chi connectivity index (χ4v) is 2.53. The van der Waals surface area contributed by atoms with E-state index in [0.717, 1.165) is 11.1 Å². The van der Waals surface area contributed by atoms with E-state index in [9.17, 15) is 4.79 Å². The Morgan fingerprint density at radius 2 is 2.00 bits per heavy atom. The molecule has 0 radical (unpaired) electrons. The standard InChI is InChI=1S/C19H11N3O3/c20-10-12-3-5-14(6-4-12)24-17-9-16-18(25-19(23)22-16)8-15(17)13-2-1-7-21-11-13/h1-9,11H,(H,22,23). The molecule has 0 saturated heterocycles. The van der Waals surface area contributed by atoms with Crippen LogP contribution in [0.2, 0.25) is 0 Å². The molecule has 0 unspecified atom stereocenters. The molecule has 120 valence electrons. The number of nitriles is 1. The van der Waals surface area contributed by atoms with Crippen LogP contribution in [-0.4, -0.2) is 9.97 Å². The van der Waals surface area contributed by atoms with Crippen LogP contribution >= 0.6 is 0 Å². The second-order valence-corrected chi connectivity index (χ2v) is 5.34. The maximum atomic E-state index is 11.5. The summed E-state index contributed by atoms with van der Waals surface area (Å²) in [4.78, 5) is 18.2. The lowest BCUT2D eigenvalue weighted by Crippen LogP contribution is -1.93. The third-order valence-electron chi connectivity index (χ3n) is 3.70. The smallest absolute Gasteiger partial charge is 0.417 e.